The molecule has 0 amide bonds. The number of aromatic nitrogens is 1. The molecule has 0 bridgehead atoms. The molecule has 2 aliphatic heterocycles. The monoisotopic (exact) mass is 1030 g/mol. The van der Waals surface area contributed by atoms with Gasteiger partial charge in [-0.05, 0) is 160 Å². The van der Waals surface area contributed by atoms with Crippen LogP contribution in [0.25, 0.3) is 114 Å². The summed E-state index contributed by atoms with van der Waals surface area (Å²) in [7, 11) is 0. The molecule has 3 heterocycles. The Kier molecular flexibility index (Phi) is 8.98. The number of benzene rings is 13. The van der Waals surface area contributed by atoms with Crippen LogP contribution in [-0.2, 0) is 5.41 Å². The van der Waals surface area contributed by atoms with Crippen LogP contribution in [0.3, 0.4) is 0 Å². The van der Waals surface area contributed by atoms with E-state index in [4.69, 9.17) is 4.74 Å². The van der Waals surface area contributed by atoms with Crippen molar-refractivity contribution in [3.05, 3.63) is 272 Å². The van der Waals surface area contributed by atoms with Crippen LogP contribution in [0.4, 0.5) is 34.1 Å². The van der Waals surface area contributed by atoms with Crippen LogP contribution >= 0.6 is 0 Å². The lowest BCUT2D eigenvalue weighted by Crippen LogP contribution is -2.30. The number of hydrogen-bond acceptors (Lipinski definition) is 3. The summed E-state index contributed by atoms with van der Waals surface area (Å²) in [5, 5.41) is 17.6. The molecular weight excluding hydrogens is 983 g/mol. The number of ether oxygens (including phenoxy) is 1. The van der Waals surface area contributed by atoms with E-state index < -0.39 is 0 Å². The highest BCUT2D eigenvalue weighted by atomic mass is 16.5. The summed E-state index contributed by atoms with van der Waals surface area (Å²) >= 11 is 0. The number of fused-ring (bicyclic) bond motifs is 13. The Morgan fingerprint density at radius 2 is 0.728 bits per heavy atom. The Labute approximate surface area is 467 Å². The Hall–Kier alpha value is -10.4. The standard InChI is InChI=1S/C77H49N3O/c1-77(2)57-33-13-15-35-62(57)79(66-45-65-56(44-58(66)77)49-28-12-14-34-59(49)78(65)48-26-10-5-11-27-48)60-42-40-54-71-50(60)29-20-31-52(71)73-69(46-22-6-3-7-23-46)76-55-41-43-61(80-63-36-16-18-38-67(63)81-68-39-19-17-37-64(68)80)51-30-21-32-53(72(51)55)74(76)70(75(54)73)47-24-8-4-9-25-47/h3-45H,1-2H3. The highest BCUT2D eigenvalue weighted by Gasteiger charge is 2.39. The van der Waals surface area contributed by atoms with E-state index in [2.05, 4.69) is 289 Å². The van der Waals surface area contributed by atoms with Gasteiger partial charge in [0, 0.05) is 32.6 Å². The van der Waals surface area contributed by atoms with E-state index in [1.807, 2.05) is 0 Å². The number of rotatable bonds is 5. The summed E-state index contributed by atoms with van der Waals surface area (Å²) in [4.78, 5) is 4.99. The van der Waals surface area contributed by atoms with Crippen molar-refractivity contribution in [3.63, 3.8) is 0 Å². The van der Waals surface area contributed by atoms with Crippen molar-refractivity contribution in [2.75, 3.05) is 9.80 Å². The zero-order valence-electron chi connectivity index (χ0n) is 44.6. The van der Waals surface area contributed by atoms with Gasteiger partial charge in [0.15, 0.2) is 11.5 Å². The van der Waals surface area contributed by atoms with Crippen molar-refractivity contribution in [3.8, 4) is 39.4 Å². The van der Waals surface area contributed by atoms with E-state index >= 15 is 0 Å². The number of para-hydroxylation sites is 7. The normalized spacial score (nSPS) is 13.7. The molecule has 0 spiro atoms. The van der Waals surface area contributed by atoms with Gasteiger partial charge in [-0.25, -0.2) is 0 Å². The molecule has 16 aromatic rings. The first-order valence-corrected chi connectivity index (χ1v) is 28.2. The molecule has 0 atom stereocenters. The van der Waals surface area contributed by atoms with Gasteiger partial charge >= 0.3 is 0 Å². The van der Waals surface area contributed by atoms with E-state index in [1.165, 1.54) is 137 Å². The summed E-state index contributed by atoms with van der Waals surface area (Å²) in [6, 6.07) is 96.7. The fraction of sp³-hybridized carbons (Fsp3) is 0.0390. The third-order valence-electron chi connectivity index (χ3n) is 18.2. The molecule has 15 aromatic carbocycles. The van der Waals surface area contributed by atoms with Gasteiger partial charge in [0.05, 0.1) is 45.2 Å². The van der Waals surface area contributed by atoms with E-state index in [0.29, 0.717) is 0 Å². The summed E-state index contributed by atoms with van der Waals surface area (Å²) in [6.07, 6.45) is 0. The minimum atomic E-state index is -0.287. The molecule has 0 aliphatic carbocycles. The second kappa shape index (κ2) is 16.3. The minimum Gasteiger partial charge on any atom is -0.453 e. The SMILES string of the molecule is CC1(C)c2ccccc2N(c2ccc3c4c(-c5ccccc5)c5c6cccc7c(N8c9ccccc9Oc9ccccc98)ccc(c5c(-c5ccccc5)c4c4cccc2c43)c76)c2cc3c(cc21)c1ccccc1n3-c1ccccc1. The van der Waals surface area contributed by atoms with Gasteiger partial charge in [0.25, 0.3) is 0 Å². The van der Waals surface area contributed by atoms with Crippen molar-refractivity contribution in [1.82, 2.24) is 4.57 Å². The molecule has 4 nitrogen and oxygen atoms in total. The predicted molar refractivity (Wildman–Crippen MR) is 341 cm³/mol. The topological polar surface area (TPSA) is 20.6 Å². The number of anilines is 6. The molecule has 18 rings (SSSR count). The molecule has 1 aromatic heterocycles. The average Bonchev–Trinajstić information content (AvgIpc) is 3.43. The van der Waals surface area contributed by atoms with Crippen molar-refractivity contribution in [1.29, 1.82) is 0 Å². The fourth-order valence-electron chi connectivity index (χ4n) is 14.9. The molecule has 4 heteroatoms. The first kappa shape index (κ1) is 44.5. The van der Waals surface area contributed by atoms with Crippen LogP contribution in [0, 0.1) is 0 Å². The second-order valence-corrected chi connectivity index (χ2v) is 22.6. The van der Waals surface area contributed by atoms with Gasteiger partial charge in [-0.3, -0.25) is 0 Å². The average molecular weight is 1030 g/mol. The fourth-order valence-corrected chi connectivity index (χ4v) is 14.9. The predicted octanol–water partition coefficient (Wildman–Crippen LogP) is 21.6. The summed E-state index contributed by atoms with van der Waals surface area (Å²) in [6.45, 7) is 4.81. The smallest absolute Gasteiger partial charge is 0.151 e. The largest absolute Gasteiger partial charge is 0.453 e. The third kappa shape index (κ3) is 5.93. The van der Waals surface area contributed by atoms with Crippen LogP contribution in [-0.4, -0.2) is 4.57 Å². The highest BCUT2D eigenvalue weighted by Crippen LogP contribution is 2.60. The molecule has 0 N–H and O–H groups in total. The lowest BCUT2D eigenvalue weighted by Gasteiger charge is -2.42. The van der Waals surface area contributed by atoms with E-state index in [1.54, 1.807) is 0 Å². The van der Waals surface area contributed by atoms with Gasteiger partial charge in [0.1, 0.15) is 0 Å². The van der Waals surface area contributed by atoms with Crippen molar-refractivity contribution < 1.29 is 4.74 Å². The molecule has 378 valence electrons. The molecule has 0 unspecified atom stereocenters. The van der Waals surface area contributed by atoms with Gasteiger partial charge in [0.2, 0.25) is 0 Å². The quantitative estimate of drug-likeness (QED) is 0.171. The van der Waals surface area contributed by atoms with Crippen LogP contribution < -0.4 is 14.5 Å². The van der Waals surface area contributed by atoms with Crippen LogP contribution in [0.1, 0.15) is 25.0 Å². The maximum Gasteiger partial charge on any atom is 0.151 e. The van der Waals surface area contributed by atoms with Gasteiger partial charge in [-0.15, -0.1) is 0 Å². The Morgan fingerprint density at radius 3 is 1.31 bits per heavy atom. The molecular formula is C77H49N3O. The van der Waals surface area contributed by atoms with E-state index in [9.17, 15) is 0 Å². The maximum absolute atomic E-state index is 6.56. The number of nitrogens with zero attached hydrogens (tertiary/aromatic N) is 3. The molecule has 0 saturated carbocycles. The van der Waals surface area contributed by atoms with E-state index in [-0.39, 0.29) is 5.41 Å². The summed E-state index contributed by atoms with van der Waals surface area (Å²) in [5.41, 5.74) is 17.5. The Bertz CT molecular complexity index is 5150. The molecule has 0 radical (unpaired) electrons. The first-order valence-electron chi connectivity index (χ1n) is 28.2. The Morgan fingerprint density at radius 1 is 0.284 bits per heavy atom. The zero-order chi connectivity index (χ0) is 53.2. The van der Waals surface area contributed by atoms with Crippen molar-refractivity contribution >= 4 is 121 Å². The van der Waals surface area contributed by atoms with Crippen LogP contribution in [0.5, 0.6) is 11.5 Å². The molecule has 0 fully saturated rings. The lowest BCUT2D eigenvalue weighted by molar-refractivity contribution is 0.477. The second-order valence-electron chi connectivity index (χ2n) is 22.6. The zero-order valence-corrected chi connectivity index (χ0v) is 44.6. The van der Waals surface area contributed by atoms with E-state index in [0.717, 1.165) is 34.2 Å². The highest BCUT2D eigenvalue weighted by molar-refractivity contribution is 6.47. The summed E-state index contributed by atoms with van der Waals surface area (Å²) < 4.78 is 9.01. The Balaban J connectivity index is 0.965. The first-order chi connectivity index (χ1) is 40.0. The van der Waals surface area contributed by atoms with Crippen molar-refractivity contribution in [2.45, 2.75) is 19.3 Å². The van der Waals surface area contributed by atoms with Crippen molar-refractivity contribution in [2.24, 2.45) is 0 Å². The lowest BCUT2D eigenvalue weighted by atomic mass is 9.73. The molecule has 2 aliphatic rings. The number of hydrogen-bond donors (Lipinski definition) is 0. The van der Waals surface area contributed by atoms with Gasteiger partial charge in [-0.2, -0.15) is 0 Å². The molecule has 0 saturated heterocycles. The van der Waals surface area contributed by atoms with Crippen LogP contribution in [0.2, 0.25) is 0 Å². The van der Waals surface area contributed by atoms with Gasteiger partial charge in [-0.1, -0.05) is 202 Å². The minimum absolute atomic E-state index is 0.287. The van der Waals surface area contributed by atoms with Crippen LogP contribution in [0.15, 0.2) is 261 Å². The third-order valence-corrected chi connectivity index (χ3v) is 18.2. The maximum atomic E-state index is 6.56. The molecule has 81 heavy (non-hydrogen) atoms. The van der Waals surface area contributed by atoms with Gasteiger partial charge < -0.3 is 19.1 Å². The summed E-state index contributed by atoms with van der Waals surface area (Å²) in [5.74, 6) is 1.68.